The highest BCUT2D eigenvalue weighted by Crippen LogP contribution is 2.32. The Morgan fingerprint density at radius 1 is 1.17 bits per heavy atom. The minimum absolute atomic E-state index is 0.0459. The van der Waals surface area contributed by atoms with Crippen LogP contribution < -0.4 is 5.32 Å². The van der Waals surface area contributed by atoms with Gasteiger partial charge in [-0.1, -0.05) is 30.3 Å². The number of carbonyl (C=O) groups is 2. The number of likely N-dealkylation sites (tertiary alicyclic amines) is 1. The van der Waals surface area contributed by atoms with Crippen molar-refractivity contribution in [3.63, 3.8) is 0 Å². The summed E-state index contributed by atoms with van der Waals surface area (Å²) in [7, 11) is 0. The second-order valence-electron chi connectivity index (χ2n) is 6.99. The van der Waals surface area contributed by atoms with Crippen molar-refractivity contribution in [2.75, 3.05) is 19.6 Å². The minimum Gasteiger partial charge on any atom is -0.391 e. The topological polar surface area (TPSA) is 69.6 Å². The van der Waals surface area contributed by atoms with Gasteiger partial charge in [-0.15, -0.1) is 0 Å². The van der Waals surface area contributed by atoms with Crippen molar-refractivity contribution in [3.05, 3.63) is 35.9 Å². The molecule has 1 heterocycles. The summed E-state index contributed by atoms with van der Waals surface area (Å²) in [6.45, 7) is 1.55. The van der Waals surface area contributed by atoms with E-state index in [0.29, 0.717) is 13.0 Å². The van der Waals surface area contributed by atoms with Crippen LogP contribution >= 0.6 is 0 Å². The van der Waals surface area contributed by atoms with Crippen LogP contribution in [-0.4, -0.2) is 47.6 Å². The number of hydrogen-bond acceptors (Lipinski definition) is 3. The molecule has 1 aliphatic carbocycles. The number of amides is 2. The van der Waals surface area contributed by atoms with Gasteiger partial charge in [-0.3, -0.25) is 9.59 Å². The lowest BCUT2D eigenvalue weighted by Gasteiger charge is -2.32. The normalized spacial score (nSPS) is 22.0. The first-order valence-corrected chi connectivity index (χ1v) is 8.92. The molecule has 5 nitrogen and oxygen atoms in total. The molecule has 24 heavy (non-hydrogen) atoms. The zero-order chi connectivity index (χ0) is 16.9. The van der Waals surface area contributed by atoms with Gasteiger partial charge in [-0.05, 0) is 31.2 Å². The van der Waals surface area contributed by atoms with E-state index in [1.165, 1.54) is 0 Å². The average Bonchev–Trinajstić information content (AvgIpc) is 3.45. The second kappa shape index (κ2) is 7.79. The molecule has 0 aromatic heterocycles. The largest absolute Gasteiger partial charge is 0.391 e. The maximum absolute atomic E-state index is 12.3. The zero-order valence-corrected chi connectivity index (χ0v) is 14.0. The molecule has 0 spiro atoms. The molecule has 2 unspecified atom stereocenters. The quantitative estimate of drug-likeness (QED) is 0.827. The van der Waals surface area contributed by atoms with Crippen molar-refractivity contribution in [3.8, 4) is 0 Å². The highest BCUT2D eigenvalue weighted by Gasteiger charge is 2.36. The standard InChI is InChI=1S/C19H26N2O3/c22-17(11-14-5-2-1-3-6-14)12-20-18(23)16-7-4-10-21(13-16)19(24)15-8-9-15/h1-3,5-6,15-17,22H,4,7-13H2,(H,20,23). The number of benzene rings is 1. The second-order valence-corrected chi connectivity index (χ2v) is 6.99. The number of nitrogens with one attached hydrogen (secondary N) is 1. The molecular weight excluding hydrogens is 304 g/mol. The van der Waals surface area contributed by atoms with Gasteiger partial charge in [0.25, 0.3) is 0 Å². The molecule has 1 saturated carbocycles. The summed E-state index contributed by atoms with van der Waals surface area (Å²) in [5.41, 5.74) is 1.05. The number of nitrogens with zero attached hydrogens (tertiary/aromatic N) is 1. The van der Waals surface area contributed by atoms with Crippen LogP contribution in [0.2, 0.25) is 0 Å². The van der Waals surface area contributed by atoms with Crippen LogP contribution in [0.1, 0.15) is 31.2 Å². The Morgan fingerprint density at radius 2 is 1.92 bits per heavy atom. The van der Waals surface area contributed by atoms with E-state index in [1.807, 2.05) is 35.2 Å². The third-order valence-electron chi connectivity index (χ3n) is 4.86. The Morgan fingerprint density at radius 3 is 2.62 bits per heavy atom. The summed E-state index contributed by atoms with van der Waals surface area (Å²) < 4.78 is 0. The molecule has 1 aromatic rings. The van der Waals surface area contributed by atoms with E-state index in [4.69, 9.17) is 0 Å². The van der Waals surface area contributed by atoms with Gasteiger partial charge in [0.2, 0.25) is 11.8 Å². The molecule has 1 aliphatic heterocycles. The summed E-state index contributed by atoms with van der Waals surface area (Å²) in [6, 6.07) is 9.75. The summed E-state index contributed by atoms with van der Waals surface area (Å²) in [5.74, 6) is 0.233. The van der Waals surface area contributed by atoms with Crippen LogP contribution in [0.25, 0.3) is 0 Å². The maximum atomic E-state index is 12.3. The van der Waals surface area contributed by atoms with E-state index in [9.17, 15) is 14.7 Å². The van der Waals surface area contributed by atoms with Gasteiger partial charge in [0.1, 0.15) is 0 Å². The van der Waals surface area contributed by atoms with Crippen LogP contribution in [0.15, 0.2) is 30.3 Å². The fourth-order valence-electron chi connectivity index (χ4n) is 3.30. The van der Waals surface area contributed by atoms with E-state index >= 15 is 0 Å². The van der Waals surface area contributed by atoms with Crippen LogP contribution in [-0.2, 0) is 16.0 Å². The van der Waals surface area contributed by atoms with Crippen molar-refractivity contribution in [2.45, 2.75) is 38.2 Å². The van der Waals surface area contributed by atoms with Crippen LogP contribution in [0.5, 0.6) is 0 Å². The molecule has 1 saturated heterocycles. The van der Waals surface area contributed by atoms with Crippen LogP contribution in [0.3, 0.4) is 0 Å². The van der Waals surface area contributed by atoms with Crippen molar-refractivity contribution in [1.82, 2.24) is 10.2 Å². The predicted octanol–water partition coefficient (Wildman–Crippen LogP) is 1.35. The zero-order valence-electron chi connectivity index (χ0n) is 14.0. The van der Waals surface area contributed by atoms with Crippen molar-refractivity contribution in [2.24, 2.45) is 11.8 Å². The molecule has 2 atom stereocenters. The summed E-state index contributed by atoms with van der Waals surface area (Å²) in [6.07, 6.45) is 3.62. The van der Waals surface area contributed by atoms with Crippen LogP contribution in [0, 0.1) is 11.8 Å². The smallest absolute Gasteiger partial charge is 0.225 e. The molecule has 5 heteroatoms. The van der Waals surface area contributed by atoms with Crippen molar-refractivity contribution >= 4 is 11.8 Å². The average molecular weight is 330 g/mol. The Hall–Kier alpha value is -1.88. The highest BCUT2D eigenvalue weighted by molar-refractivity contribution is 5.83. The first-order valence-electron chi connectivity index (χ1n) is 8.92. The molecule has 130 valence electrons. The molecule has 1 aromatic carbocycles. The van der Waals surface area contributed by atoms with Gasteiger partial charge in [0.15, 0.2) is 0 Å². The van der Waals surface area contributed by atoms with Crippen molar-refractivity contribution < 1.29 is 14.7 Å². The Bertz CT molecular complexity index is 571. The highest BCUT2D eigenvalue weighted by atomic mass is 16.3. The summed E-state index contributed by atoms with van der Waals surface area (Å²) in [5, 5.41) is 12.9. The molecule has 3 rings (SSSR count). The first kappa shape index (κ1) is 17.0. The third kappa shape index (κ3) is 4.57. The SMILES string of the molecule is O=C(NCC(O)Cc1ccccc1)C1CCCN(C(=O)C2CC2)C1. The predicted molar refractivity (Wildman–Crippen MR) is 91.2 cm³/mol. The van der Waals surface area contributed by atoms with Crippen LogP contribution in [0.4, 0.5) is 0 Å². The lowest BCUT2D eigenvalue weighted by molar-refractivity contribution is -0.136. The van der Waals surface area contributed by atoms with Gasteiger partial charge < -0.3 is 15.3 Å². The molecule has 2 fully saturated rings. The molecule has 2 aliphatic rings. The van der Waals surface area contributed by atoms with E-state index in [1.54, 1.807) is 0 Å². The monoisotopic (exact) mass is 330 g/mol. The Balaban J connectivity index is 1.43. The third-order valence-corrected chi connectivity index (χ3v) is 4.86. The lowest BCUT2D eigenvalue weighted by atomic mass is 9.96. The van der Waals surface area contributed by atoms with E-state index in [2.05, 4.69) is 5.32 Å². The van der Waals surface area contributed by atoms with Gasteiger partial charge in [0.05, 0.1) is 12.0 Å². The molecule has 0 bridgehead atoms. The van der Waals surface area contributed by atoms with Crippen molar-refractivity contribution in [1.29, 1.82) is 0 Å². The number of rotatable bonds is 6. The van der Waals surface area contributed by atoms with Gasteiger partial charge in [-0.2, -0.15) is 0 Å². The number of aliphatic hydroxyl groups is 1. The molecule has 2 amide bonds. The fraction of sp³-hybridized carbons (Fsp3) is 0.579. The molecule has 0 radical (unpaired) electrons. The maximum Gasteiger partial charge on any atom is 0.225 e. The number of piperidine rings is 1. The number of aliphatic hydroxyl groups excluding tert-OH is 1. The lowest BCUT2D eigenvalue weighted by Crippen LogP contribution is -2.47. The molecule has 2 N–H and O–H groups in total. The summed E-state index contributed by atoms with van der Waals surface area (Å²) in [4.78, 5) is 26.4. The Kier molecular flexibility index (Phi) is 5.51. The Labute approximate surface area is 143 Å². The number of hydrogen-bond donors (Lipinski definition) is 2. The van der Waals surface area contributed by atoms with Gasteiger partial charge >= 0.3 is 0 Å². The minimum atomic E-state index is -0.593. The fourth-order valence-corrected chi connectivity index (χ4v) is 3.30. The molecular formula is C19H26N2O3. The van der Waals surface area contributed by atoms with E-state index in [-0.39, 0.29) is 30.2 Å². The number of carbonyl (C=O) groups excluding carboxylic acids is 2. The van der Waals surface area contributed by atoms with Gasteiger partial charge in [0, 0.05) is 32.0 Å². The van der Waals surface area contributed by atoms with E-state index < -0.39 is 6.10 Å². The van der Waals surface area contributed by atoms with Gasteiger partial charge in [-0.25, -0.2) is 0 Å². The first-order chi connectivity index (χ1) is 11.6. The van der Waals surface area contributed by atoms with E-state index in [0.717, 1.165) is 37.8 Å². The summed E-state index contributed by atoms with van der Waals surface area (Å²) >= 11 is 0.